The first-order valence-corrected chi connectivity index (χ1v) is 21.2. The molecule has 0 aromatic heterocycles. The van der Waals surface area contributed by atoms with E-state index < -0.39 is 82.9 Å². The molecule has 4 aliphatic rings. The number of likely N-dealkylation sites (tertiary alicyclic amines) is 1. The molecule has 61 heavy (non-hydrogen) atoms. The van der Waals surface area contributed by atoms with Crippen LogP contribution in [0.4, 0.5) is 5.69 Å². The quantitative estimate of drug-likeness (QED) is 0.208. The lowest BCUT2D eigenvalue weighted by atomic mass is 9.78. The van der Waals surface area contributed by atoms with Crippen molar-refractivity contribution in [2.75, 3.05) is 32.1 Å². The van der Waals surface area contributed by atoms with E-state index >= 15 is 0 Å². The van der Waals surface area contributed by atoms with E-state index in [1.54, 1.807) is 65.8 Å². The van der Waals surface area contributed by atoms with Crippen LogP contribution in [-0.4, -0.2) is 106 Å². The number of rotatable bonds is 4. The van der Waals surface area contributed by atoms with Gasteiger partial charge in [0.2, 0.25) is 0 Å². The summed E-state index contributed by atoms with van der Waals surface area (Å²) < 4.78 is 24.0. The molecule has 1 fully saturated rings. The molecular formula is C46H62N4O11. The maximum atomic E-state index is 14.7. The third-order valence-electron chi connectivity index (χ3n) is 12.9. The molecule has 15 nitrogen and oxygen atoms in total. The zero-order chi connectivity index (χ0) is 44.9. The standard InChI is InChI=1S/C46H62N4O11/c1-22(2)21-50-18-16-46(17-19-50)48-34-31-32-39(54)28(8)42-33(31)43(56)45(10,61-42)59-20-15-30(58-11)25(5)41(60-29(9)51)27(7)38(53)26(6)37(52)23(3)13-12-14-24(4)44(57)47-36(40(32)55)35(34)49-46/h12-15,20,22-23,25-27,30,37-38,41,48,52-55H,16-19,21H2,1-11H3/b13-12-,20-15?,24-14-,47-36?. The van der Waals surface area contributed by atoms with E-state index in [9.17, 15) is 34.8 Å². The van der Waals surface area contributed by atoms with Crippen molar-refractivity contribution in [1.82, 2.24) is 4.90 Å². The molecule has 1 amide bonds. The molecule has 9 unspecified atom stereocenters. The number of methoxy groups -OCH3 is 1. The van der Waals surface area contributed by atoms with E-state index in [2.05, 4.69) is 29.1 Å². The Labute approximate surface area is 356 Å². The van der Waals surface area contributed by atoms with Crippen LogP contribution in [0.1, 0.15) is 91.1 Å². The Kier molecular flexibility index (Phi) is 13.1. The molecule has 5 N–H and O–H groups in total. The van der Waals surface area contributed by atoms with Gasteiger partial charge in [-0.1, -0.05) is 59.8 Å². The number of aromatic hydroxyl groups is 2. The van der Waals surface area contributed by atoms with Gasteiger partial charge in [0.15, 0.2) is 5.75 Å². The van der Waals surface area contributed by atoms with Crippen molar-refractivity contribution in [3.63, 3.8) is 0 Å². The van der Waals surface area contributed by atoms with Crippen LogP contribution in [0.5, 0.6) is 17.2 Å². The Balaban J connectivity index is 1.55. The van der Waals surface area contributed by atoms with Crippen molar-refractivity contribution in [3.8, 4) is 17.2 Å². The van der Waals surface area contributed by atoms with Crippen molar-refractivity contribution in [2.24, 2.45) is 39.6 Å². The normalized spacial score (nSPS) is 32.1. The number of hydrogen-bond acceptors (Lipinski definition) is 14. The molecule has 15 heteroatoms. The molecule has 0 aliphatic carbocycles. The third kappa shape index (κ3) is 8.54. The molecular weight excluding hydrogens is 785 g/mol. The minimum absolute atomic E-state index is 0.0538. The number of phenolic OH excluding ortho intramolecular Hbond substituents is 2. The van der Waals surface area contributed by atoms with Crippen LogP contribution in [0, 0.1) is 36.5 Å². The van der Waals surface area contributed by atoms with Crippen LogP contribution in [0.3, 0.4) is 0 Å². The molecule has 0 saturated carbocycles. The van der Waals surface area contributed by atoms with Crippen molar-refractivity contribution in [2.45, 2.75) is 118 Å². The molecule has 0 radical (unpaired) electrons. The van der Waals surface area contributed by atoms with Crippen LogP contribution in [0.15, 0.2) is 46.1 Å². The fraction of sp³-hybridized carbons (Fsp3) is 0.587. The van der Waals surface area contributed by atoms with Gasteiger partial charge in [0, 0.05) is 93.6 Å². The number of ketones is 1. The number of hydrogen-bond donors (Lipinski definition) is 5. The number of carbonyl (C=O) groups is 3. The van der Waals surface area contributed by atoms with Crippen LogP contribution in [0.2, 0.25) is 0 Å². The second-order valence-corrected chi connectivity index (χ2v) is 18.0. The second kappa shape index (κ2) is 17.5. The topological polar surface area (TPSA) is 209 Å². The highest BCUT2D eigenvalue weighted by Gasteiger charge is 2.51. The summed E-state index contributed by atoms with van der Waals surface area (Å²) in [5, 5.41) is 50.5. The van der Waals surface area contributed by atoms with E-state index in [1.807, 2.05) is 0 Å². The molecule has 2 aromatic rings. The van der Waals surface area contributed by atoms with Gasteiger partial charge in [-0.25, -0.2) is 4.99 Å². The van der Waals surface area contributed by atoms with Crippen molar-refractivity contribution in [1.29, 1.82) is 0 Å². The van der Waals surface area contributed by atoms with Crippen LogP contribution >= 0.6 is 0 Å². The summed E-state index contributed by atoms with van der Waals surface area (Å²) >= 11 is 0. The predicted octanol–water partition coefficient (Wildman–Crippen LogP) is 4.75. The number of benzene rings is 2. The number of phenols is 2. The second-order valence-electron chi connectivity index (χ2n) is 18.0. The van der Waals surface area contributed by atoms with Gasteiger partial charge in [-0.2, -0.15) is 0 Å². The Hall–Kier alpha value is -4.83. The minimum Gasteiger partial charge on any atom is -0.507 e. The van der Waals surface area contributed by atoms with E-state index in [0.29, 0.717) is 24.4 Å². The first kappa shape index (κ1) is 45.7. The van der Waals surface area contributed by atoms with E-state index in [-0.39, 0.29) is 49.7 Å². The fourth-order valence-corrected chi connectivity index (χ4v) is 9.24. The first-order chi connectivity index (χ1) is 28.6. The minimum atomic E-state index is -1.95. The van der Waals surface area contributed by atoms with Crippen LogP contribution < -0.4 is 20.8 Å². The van der Waals surface area contributed by atoms with Crippen molar-refractivity contribution >= 4 is 34.1 Å². The zero-order valence-corrected chi connectivity index (χ0v) is 37.1. The van der Waals surface area contributed by atoms with Gasteiger partial charge < -0.3 is 49.6 Å². The van der Waals surface area contributed by atoms with Gasteiger partial charge in [-0.3, -0.25) is 19.4 Å². The monoisotopic (exact) mass is 846 g/mol. The highest BCUT2D eigenvalue weighted by molar-refractivity contribution is 6.21. The molecule has 4 aliphatic heterocycles. The zero-order valence-electron chi connectivity index (χ0n) is 37.1. The van der Waals surface area contributed by atoms with Gasteiger partial charge in [-0.15, -0.1) is 0 Å². The molecule has 4 bridgehead atoms. The highest BCUT2D eigenvalue weighted by atomic mass is 16.7. The number of piperidine rings is 1. The number of aliphatic hydroxyl groups is 2. The SMILES string of the molecule is COC1C=COC2(C)Oc3c(C)c(O)c4c(O)c(c5c(c4c3C2=O)NC2(CCN(CC(C)C)CC2)N=5)=NC(=O)/C(C)=C\C=C/C(C)C(O)C(C)C(O)C(C)C(OC(C)=O)C1C. The number of ether oxygens (including phenoxy) is 4. The smallest absolute Gasteiger partial charge is 0.312 e. The molecule has 1 spiro atoms. The summed E-state index contributed by atoms with van der Waals surface area (Å²) in [4.78, 5) is 52.9. The van der Waals surface area contributed by atoms with Gasteiger partial charge in [-0.05, 0) is 25.8 Å². The molecule has 9 atom stereocenters. The van der Waals surface area contributed by atoms with Crippen molar-refractivity contribution in [3.05, 3.63) is 58.0 Å². The third-order valence-corrected chi connectivity index (χ3v) is 12.9. The predicted molar refractivity (Wildman–Crippen MR) is 228 cm³/mol. The van der Waals surface area contributed by atoms with Gasteiger partial charge in [0.1, 0.15) is 34.0 Å². The van der Waals surface area contributed by atoms with E-state index in [4.69, 9.17) is 23.9 Å². The number of carbonyl (C=O) groups excluding carboxylic acids is 3. The number of Topliss-reactive ketones (excluding diaryl/α,β-unsaturated/α-hetero) is 1. The summed E-state index contributed by atoms with van der Waals surface area (Å²) in [5.41, 5.74) is -0.111. The number of allylic oxidation sites excluding steroid dienone is 2. The summed E-state index contributed by atoms with van der Waals surface area (Å²) in [6.07, 6.45) is 5.07. The molecule has 4 heterocycles. The number of nitrogens with zero attached hydrogens (tertiary/aromatic N) is 3. The number of esters is 1. The summed E-state index contributed by atoms with van der Waals surface area (Å²) in [6, 6.07) is 0. The first-order valence-electron chi connectivity index (χ1n) is 21.2. The molecule has 6 rings (SSSR count). The maximum absolute atomic E-state index is 14.7. The average molecular weight is 847 g/mol. The Morgan fingerprint density at radius 1 is 0.984 bits per heavy atom. The number of amides is 1. The van der Waals surface area contributed by atoms with Crippen LogP contribution in [-0.2, 0) is 23.8 Å². The lowest BCUT2D eigenvalue weighted by molar-refractivity contribution is -0.160. The van der Waals surface area contributed by atoms with Gasteiger partial charge in [0.25, 0.3) is 11.7 Å². The number of fused-ring (bicyclic) bond motifs is 1. The van der Waals surface area contributed by atoms with Crippen molar-refractivity contribution < 1.29 is 53.8 Å². The summed E-state index contributed by atoms with van der Waals surface area (Å²) in [5.74, 6) is -6.57. The largest absolute Gasteiger partial charge is 0.507 e. The summed E-state index contributed by atoms with van der Waals surface area (Å²) in [6.45, 7) is 19.6. The van der Waals surface area contributed by atoms with Gasteiger partial charge >= 0.3 is 11.8 Å². The fourth-order valence-electron chi connectivity index (χ4n) is 9.24. The molecule has 2 aromatic carbocycles. The Morgan fingerprint density at radius 3 is 2.28 bits per heavy atom. The maximum Gasteiger partial charge on any atom is 0.312 e. The highest BCUT2D eigenvalue weighted by Crippen LogP contribution is 2.51. The summed E-state index contributed by atoms with van der Waals surface area (Å²) in [7, 11) is 1.47. The Bertz CT molecular complexity index is 2300. The van der Waals surface area contributed by atoms with Crippen LogP contribution in [0.25, 0.3) is 10.8 Å². The van der Waals surface area contributed by atoms with E-state index in [0.717, 1.165) is 19.6 Å². The van der Waals surface area contributed by atoms with Gasteiger partial charge in [0.05, 0.1) is 41.2 Å². The Morgan fingerprint density at radius 2 is 1.66 bits per heavy atom. The lowest BCUT2D eigenvalue weighted by Gasteiger charge is -2.38. The average Bonchev–Trinajstić information content (AvgIpc) is 3.71. The lowest BCUT2D eigenvalue weighted by Crippen LogP contribution is -2.47. The van der Waals surface area contributed by atoms with E-state index in [1.165, 1.54) is 27.2 Å². The number of aliphatic hydroxyl groups excluding tert-OH is 2. The number of nitrogens with one attached hydrogen (secondary N) is 1. The number of anilines is 1. The molecule has 1 saturated heterocycles. The molecule has 332 valence electrons.